The number of carboxylic acid groups (broad SMARTS) is 1. The van der Waals surface area contributed by atoms with Gasteiger partial charge < -0.3 is 5.11 Å². The van der Waals surface area contributed by atoms with E-state index in [4.69, 9.17) is 5.11 Å². The van der Waals surface area contributed by atoms with E-state index in [-0.39, 0.29) is 10.5 Å². The second kappa shape index (κ2) is 5.98. The first-order valence-electron chi connectivity index (χ1n) is 7.22. The van der Waals surface area contributed by atoms with Gasteiger partial charge >= 0.3 is 5.97 Å². The van der Waals surface area contributed by atoms with Crippen LogP contribution < -0.4 is 4.72 Å². The Labute approximate surface area is 139 Å². The van der Waals surface area contributed by atoms with E-state index < -0.39 is 16.0 Å². The first-order chi connectivity index (χ1) is 11.4. The molecule has 0 heterocycles. The van der Waals surface area contributed by atoms with Gasteiger partial charge in [-0.05, 0) is 53.6 Å². The summed E-state index contributed by atoms with van der Waals surface area (Å²) in [5.74, 6) is -1.05. The Hall–Kier alpha value is -2.86. The molecule has 0 unspecified atom stereocenters. The summed E-state index contributed by atoms with van der Waals surface area (Å²) in [6, 6.07) is 16.7. The monoisotopic (exact) mass is 341 g/mol. The number of aromatic carboxylic acids is 1. The number of carboxylic acids is 1. The molecule has 0 aliphatic rings. The van der Waals surface area contributed by atoms with Crippen LogP contribution in [0.15, 0.2) is 65.6 Å². The standard InChI is InChI=1S/C18H15NO4S/c1-12-10-15(18(20)21)7-9-17(12)19-24(22,23)16-8-6-13-4-2-3-5-14(13)11-16/h2-11,19H,1H3,(H,20,21). The average molecular weight is 341 g/mol. The molecule has 122 valence electrons. The summed E-state index contributed by atoms with van der Waals surface area (Å²) in [5.41, 5.74) is 1.01. The third kappa shape index (κ3) is 3.09. The zero-order valence-corrected chi connectivity index (χ0v) is 13.7. The third-order valence-corrected chi connectivity index (χ3v) is 5.11. The molecule has 0 atom stereocenters. The molecule has 0 fully saturated rings. The van der Waals surface area contributed by atoms with E-state index in [0.29, 0.717) is 11.3 Å². The van der Waals surface area contributed by atoms with Crippen molar-refractivity contribution in [1.29, 1.82) is 0 Å². The number of aryl methyl sites for hydroxylation is 1. The van der Waals surface area contributed by atoms with Gasteiger partial charge in [-0.3, -0.25) is 4.72 Å². The predicted octanol–water partition coefficient (Wildman–Crippen LogP) is 3.65. The Balaban J connectivity index is 1.97. The van der Waals surface area contributed by atoms with Crippen molar-refractivity contribution in [2.24, 2.45) is 0 Å². The van der Waals surface area contributed by atoms with E-state index in [2.05, 4.69) is 4.72 Å². The van der Waals surface area contributed by atoms with Gasteiger partial charge in [0.25, 0.3) is 10.0 Å². The van der Waals surface area contributed by atoms with Crippen molar-refractivity contribution in [3.8, 4) is 0 Å². The molecule has 0 radical (unpaired) electrons. The molecule has 6 heteroatoms. The highest BCUT2D eigenvalue weighted by molar-refractivity contribution is 7.92. The smallest absolute Gasteiger partial charge is 0.335 e. The largest absolute Gasteiger partial charge is 0.478 e. The molecular formula is C18H15NO4S. The van der Waals surface area contributed by atoms with Crippen molar-refractivity contribution in [2.45, 2.75) is 11.8 Å². The van der Waals surface area contributed by atoms with Crippen molar-refractivity contribution < 1.29 is 18.3 Å². The molecule has 3 rings (SSSR count). The Bertz CT molecular complexity index is 1040. The van der Waals surface area contributed by atoms with E-state index in [1.165, 1.54) is 18.2 Å². The van der Waals surface area contributed by atoms with E-state index >= 15 is 0 Å². The molecule has 0 aliphatic heterocycles. The van der Waals surface area contributed by atoms with Crippen LogP contribution in [0.5, 0.6) is 0 Å². The third-order valence-electron chi connectivity index (χ3n) is 3.75. The number of rotatable bonds is 4. The normalized spacial score (nSPS) is 11.4. The van der Waals surface area contributed by atoms with Gasteiger partial charge in [0.15, 0.2) is 0 Å². The average Bonchev–Trinajstić information content (AvgIpc) is 2.56. The maximum absolute atomic E-state index is 12.6. The second-order valence-corrected chi connectivity index (χ2v) is 7.13. The maximum Gasteiger partial charge on any atom is 0.335 e. The number of benzene rings is 3. The number of hydrogen-bond donors (Lipinski definition) is 2. The molecule has 0 aliphatic carbocycles. The number of carbonyl (C=O) groups is 1. The molecule has 3 aromatic carbocycles. The molecule has 0 bridgehead atoms. The highest BCUT2D eigenvalue weighted by Gasteiger charge is 2.16. The highest BCUT2D eigenvalue weighted by Crippen LogP contribution is 2.23. The Morgan fingerprint density at radius 3 is 2.33 bits per heavy atom. The Morgan fingerprint density at radius 1 is 0.958 bits per heavy atom. The van der Waals surface area contributed by atoms with Crippen LogP contribution in [0.25, 0.3) is 10.8 Å². The summed E-state index contributed by atoms with van der Waals surface area (Å²) < 4.78 is 27.7. The van der Waals surface area contributed by atoms with Crippen molar-refractivity contribution in [3.63, 3.8) is 0 Å². The SMILES string of the molecule is Cc1cc(C(=O)O)ccc1NS(=O)(=O)c1ccc2ccccc2c1. The van der Waals surface area contributed by atoms with Crippen LogP contribution in [0, 0.1) is 6.92 Å². The van der Waals surface area contributed by atoms with Gasteiger partial charge in [0, 0.05) is 0 Å². The topological polar surface area (TPSA) is 83.5 Å². The minimum Gasteiger partial charge on any atom is -0.478 e. The number of sulfonamides is 1. The van der Waals surface area contributed by atoms with E-state index in [9.17, 15) is 13.2 Å². The molecule has 0 amide bonds. The summed E-state index contributed by atoms with van der Waals surface area (Å²) in [4.78, 5) is 11.1. The summed E-state index contributed by atoms with van der Waals surface area (Å²) in [6.45, 7) is 1.66. The minimum absolute atomic E-state index is 0.112. The van der Waals surface area contributed by atoms with Gasteiger partial charge in [-0.15, -0.1) is 0 Å². The minimum atomic E-state index is -3.76. The Kier molecular flexibility index (Phi) is 3.99. The van der Waals surface area contributed by atoms with Crippen LogP contribution in [0.3, 0.4) is 0 Å². The molecule has 0 aromatic heterocycles. The molecule has 3 aromatic rings. The first kappa shape index (κ1) is 16.0. The summed E-state index contributed by atoms with van der Waals surface area (Å²) in [5, 5.41) is 10.8. The fourth-order valence-corrected chi connectivity index (χ4v) is 3.62. The second-order valence-electron chi connectivity index (χ2n) is 5.45. The number of nitrogens with one attached hydrogen (secondary N) is 1. The van der Waals surface area contributed by atoms with Gasteiger partial charge in [-0.1, -0.05) is 30.3 Å². The maximum atomic E-state index is 12.6. The molecule has 24 heavy (non-hydrogen) atoms. The molecule has 2 N–H and O–H groups in total. The summed E-state index contributed by atoms with van der Waals surface area (Å²) in [6.07, 6.45) is 0. The summed E-state index contributed by atoms with van der Waals surface area (Å²) >= 11 is 0. The lowest BCUT2D eigenvalue weighted by atomic mass is 10.1. The number of hydrogen-bond acceptors (Lipinski definition) is 3. The first-order valence-corrected chi connectivity index (χ1v) is 8.71. The highest BCUT2D eigenvalue weighted by atomic mass is 32.2. The van der Waals surface area contributed by atoms with Crippen molar-refractivity contribution >= 4 is 32.5 Å². The lowest BCUT2D eigenvalue weighted by Crippen LogP contribution is -2.14. The zero-order valence-electron chi connectivity index (χ0n) is 12.9. The van der Waals surface area contributed by atoms with Crippen LogP contribution in [0.1, 0.15) is 15.9 Å². The fraction of sp³-hybridized carbons (Fsp3) is 0.0556. The zero-order chi connectivity index (χ0) is 17.3. The van der Waals surface area contributed by atoms with Gasteiger partial charge in [0.05, 0.1) is 16.1 Å². The fourth-order valence-electron chi connectivity index (χ4n) is 2.45. The van der Waals surface area contributed by atoms with Gasteiger partial charge in [-0.2, -0.15) is 0 Å². The van der Waals surface area contributed by atoms with E-state index in [1.807, 2.05) is 24.3 Å². The molecule has 0 saturated carbocycles. The summed E-state index contributed by atoms with van der Waals surface area (Å²) in [7, 11) is -3.76. The lowest BCUT2D eigenvalue weighted by Gasteiger charge is -2.11. The van der Waals surface area contributed by atoms with Crippen LogP contribution in [-0.2, 0) is 10.0 Å². The van der Waals surface area contributed by atoms with Crippen LogP contribution >= 0.6 is 0 Å². The predicted molar refractivity (Wildman–Crippen MR) is 92.9 cm³/mol. The van der Waals surface area contributed by atoms with Gasteiger partial charge in [0.2, 0.25) is 0 Å². The molecular weight excluding hydrogens is 326 g/mol. The van der Waals surface area contributed by atoms with Crippen LogP contribution in [-0.4, -0.2) is 19.5 Å². The van der Waals surface area contributed by atoms with Crippen LogP contribution in [0.4, 0.5) is 5.69 Å². The van der Waals surface area contributed by atoms with Crippen molar-refractivity contribution in [1.82, 2.24) is 0 Å². The number of fused-ring (bicyclic) bond motifs is 1. The van der Waals surface area contributed by atoms with Gasteiger partial charge in [0.1, 0.15) is 0 Å². The Morgan fingerprint density at radius 2 is 1.67 bits per heavy atom. The van der Waals surface area contributed by atoms with E-state index in [1.54, 1.807) is 25.1 Å². The molecule has 0 saturated heterocycles. The van der Waals surface area contributed by atoms with Crippen molar-refractivity contribution in [3.05, 3.63) is 71.8 Å². The molecule has 0 spiro atoms. The number of anilines is 1. The van der Waals surface area contributed by atoms with E-state index in [0.717, 1.165) is 10.8 Å². The quantitative estimate of drug-likeness (QED) is 0.759. The van der Waals surface area contributed by atoms with Crippen LogP contribution in [0.2, 0.25) is 0 Å². The lowest BCUT2D eigenvalue weighted by molar-refractivity contribution is 0.0697. The van der Waals surface area contributed by atoms with Gasteiger partial charge in [-0.25, -0.2) is 13.2 Å². The molecule has 5 nitrogen and oxygen atoms in total. The van der Waals surface area contributed by atoms with Crippen molar-refractivity contribution in [2.75, 3.05) is 4.72 Å².